The van der Waals surface area contributed by atoms with Crippen LogP contribution in [0.5, 0.6) is 0 Å². The number of hydrogen-bond donors (Lipinski definition) is 1. The van der Waals surface area contributed by atoms with E-state index in [1.54, 1.807) is 11.9 Å². The fourth-order valence-electron chi connectivity index (χ4n) is 3.27. The van der Waals surface area contributed by atoms with E-state index in [-0.39, 0.29) is 23.6 Å². The minimum absolute atomic E-state index is 0.0249. The molecule has 0 saturated carbocycles. The molecule has 0 amide bonds. The average molecular weight is 424 g/mol. The van der Waals surface area contributed by atoms with Crippen LogP contribution in [0.25, 0.3) is 0 Å². The second kappa shape index (κ2) is 10.7. The van der Waals surface area contributed by atoms with Crippen LogP contribution in [0.2, 0.25) is 0 Å². The quantitative estimate of drug-likeness (QED) is 0.331. The van der Waals surface area contributed by atoms with E-state index in [1.807, 2.05) is 0 Å². The number of rotatable bonds is 10. The van der Waals surface area contributed by atoms with Crippen molar-refractivity contribution in [3.63, 3.8) is 0 Å². The van der Waals surface area contributed by atoms with Crippen LogP contribution in [-0.2, 0) is 9.53 Å². The van der Waals surface area contributed by atoms with Gasteiger partial charge in [-0.25, -0.2) is 0 Å². The molecule has 0 spiro atoms. The maximum atomic E-state index is 11.5. The zero-order valence-corrected chi connectivity index (χ0v) is 17.5. The van der Waals surface area contributed by atoms with Crippen LogP contribution in [0, 0.1) is 20.2 Å². The second-order valence-corrected chi connectivity index (χ2v) is 7.22. The van der Waals surface area contributed by atoms with Crippen molar-refractivity contribution in [2.75, 3.05) is 77.2 Å². The average Bonchev–Trinajstić information content (AvgIpc) is 2.72. The van der Waals surface area contributed by atoms with Gasteiger partial charge in [0.05, 0.1) is 23.0 Å². The van der Waals surface area contributed by atoms with Crippen molar-refractivity contribution >= 4 is 28.7 Å². The first-order chi connectivity index (χ1) is 14.2. The van der Waals surface area contributed by atoms with Gasteiger partial charge < -0.3 is 24.8 Å². The number of likely N-dealkylation sites (N-methyl/N-ethyl adjacent to an activating group) is 1. The highest BCUT2D eigenvalue weighted by Crippen LogP contribution is 2.37. The fraction of sp³-hybridized carbons (Fsp3) is 0.611. The molecular formula is C18H28N6O6. The highest BCUT2D eigenvalue weighted by atomic mass is 16.6. The Kier molecular flexibility index (Phi) is 8.30. The summed E-state index contributed by atoms with van der Waals surface area (Å²) in [7, 11) is 5.00. The molecule has 166 valence electrons. The van der Waals surface area contributed by atoms with E-state index in [9.17, 15) is 25.0 Å². The Morgan fingerprint density at radius 3 is 2.37 bits per heavy atom. The zero-order chi connectivity index (χ0) is 22.3. The van der Waals surface area contributed by atoms with Crippen LogP contribution in [0.1, 0.15) is 6.42 Å². The predicted octanol–water partition coefficient (Wildman–Crippen LogP) is 1.16. The van der Waals surface area contributed by atoms with Gasteiger partial charge in [-0.05, 0) is 26.1 Å². The second-order valence-electron chi connectivity index (χ2n) is 7.22. The van der Waals surface area contributed by atoms with Gasteiger partial charge in [0.25, 0.3) is 11.4 Å². The molecule has 1 heterocycles. The number of nitro groups is 2. The molecule has 0 unspecified atom stereocenters. The number of methoxy groups -OCH3 is 1. The number of nitrogens with one attached hydrogen (secondary N) is 1. The van der Waals surface area contributed by atoms with Crippen LogP contribution < -0.4 is 10.2 Å². The van der Waals surface area contributed by atoms with E-state index in [0.717, 1.165) is 45.2 Å². The highest BCUT2D eigenvalue weighted by molar-refractivity contribution is 5.81. The van der Waals surface area contributed by atoms with Gasteiger partial charge >= 0.3 is 5.97 Å². The number of hydrogen-bond acceptors (Lipinski definition) is 10. The van der Waals surface area contributed by atoms with E-state index in [4.69, 9.17) is 0 Å². The van der Waals surface area contributed by atoms with Gasteiger partial charge in [-0.3, -0.25) is 25.0 Å². The van der Waals surface area contributed by atoms with Crippen LogP contribution >= 0.6 is 0 Å². The van der Waals surface area contributed by atoms with Gasteiger partial charge in [0, 0.05) is 39.8 Å². The zero-order valence-electron chi connectivity index (χ0n) is 17.5. The van der Waals surface area contributed by atoms with Gasteiger partial charge in [-0.2, -0.15) is 0 Å². The fourth-order valence-corrected chi connectivity index (χ4v) is 3.27. The molecule has 1 aromatic rings. The summed E-state index contributed by atoms with van der Waals surface area (Å²) in [5.41, 5.74) is -0.555. The number of nitrogens with zero attached hydrogens (tertiary/aromatic N) is 5. The lowest BCUT2D eigenvalue weighted by molar-refractivity contribution is -0.393. The van der Waals surface area contributed by atoms with Crippen LogP contribution in [0.4, 0.5) is 22.7 Å². The first kappa shape index (κ1) is 23.3. The number of anilines is 2. The molecule has 0 aliphatic carbocycles. The molecule has 12 heteroatoms. The Labute approximate surface area is 174 Å². The summed E-state index contributed by atoms with van der Waals surface area (Å²) in [4.78, 5) is 39.3. The lowest BCUT2D eigenvalue weighted by atomic mass is 10.1. The standard InChI is InChI=1S/C18H28N6O6/c1-20-7-9-22(10-8-20)6-4-5-21(2)16-11-14(19-13-18(25)30-3)15(23(26)27)12-17(16)24(28)29/h11-12,19H,4-10,13H2,1-3H3. The molecule has 30 heavy (non-hydrogen) atoms. The normalized spacial score (nSPS) is 14.9. The molecule has 1 aliphatic heterocycles. The number of carbonyl (C=O) groups excluding carboxylic acids is 1. The minimum atomic E-state index is -0.718. The summed E-state index contributed by atoms with van der Waals surface area (Å²) in [6.45, 7) is 5.12. The summed E-state index contributed by atoms with van der Waals surface area (Å²) >= 11 is 0. The third kappa shape index (κ3) is 6.26. The van der Waals surface area contributed by atoms with Crippen molar-refractivity contribution in [2.45, 2.75) is 6.42 Å². The molecular weight excluding hydrogens is 396 g/mol. The predicted molar refractivity (Wildman–Crippen MR) is 112 cm³/mol. The summed E-state index contributed by atoms with van der Waals surface area (Å²) in [6.07, 6.45) is 0.791. The first-order valence-corrected chi connectivity index (χ1v) is 9.62. The summed E-state index contributed by atoms with van der Waals surface area (Å²) in [5.74, 6) is -0.607. The van der Waals surface area contributed by atoms with Gasteiger partial charge in [0.2, 0.25) is 0 Å². The third-order valence-electron chi connectivity index (χ3n) is 5.11. The molecule has 1 saturated heterocycles. The molecule has 1 aromatic carbocycles. The smallest absolute Gasteiger partial charge is 0.325 e. The summed E-state index contributed by atoms with van der Waals surface area (Å²) in [5, 5.41) is 25.5. The lowest BCUT2D eigenvalue weighted by Gasteiger charge is -2.32. The maximum absolute atomic E-state index is 11.5. The van der Waals surface area contributed by atoms with Crippen molar-refractivity contribution in [3.05, 3.63) is 32.4 Å². The van der Waals surface area contributed by atoms with E-state index >= 15 is 0 Å². The van der Waals surface area contributed by atoms with Crippen molar-refractivity contribution in [2.24, 2.45) is 0 Å². The van der Waals surface area contributed by atoms with Gasteiger partial charge in [-0.1, -0.05) is 0 Å². The molecule has 12 nitrogen and oxygen atoms in total. The Hall–Kier alpha value is -2.99. The first-order valence-electron chi connectivity index (χ1n) is 9.62. The number of ether oxygens (including phenoxy) is 1. The molecule has 1 N–H and O–H groups in total. The summed E-state index contributed by atoms with van der Waals surface area (Å²) in [6, 6.07) is 2.26. The SMILES string of the molecule is COC(=O)CNc1cc(N(C)CCCN2CCN(C)CC2)c([N+](=O)[O-])cc1[N+](=O)[O-]. The van der Waals surface area contributed by atoms with E-state index in [0.29, 0.717) is 6.54 Å². The molecule has 0 radical (unpaired) electrons. The topological polar surface area (TPSA) is 134 Å². The number of carbonyl (C=O) groups is 1. The van der Waals surface area contributed by atoms with Crippen LogP contribution in [-0.4, -0.2) is 92.6 Å². The van der Waals surface area contributed by atoms with Gasteiger partial charge in [0.15, 0.2) is 0 Å². The monoisotopic (exact) mass is 424 g/mol. The molecule has 0 atom stereocenters. The number of benzene rings is 1. The van der Waals surface area contributed by atoms with Crippen molar-refractivity contribution in [1.82, 2.24) is 9.80 Å². The van der Waals surface area contributed by atoms with Gasteiger partial charge in [-0.15, -0.1) is 0 Å². The Balaban J connectivity index is 2.15. The molecule has 0 bridgehead atoms. The van der Waals surface area contributed by atoms with Gasteiger partial charge in [0.1, 0.15) is 17.9 Å². The highest BCUT2D eigenvalue weighted by Gasteiger charge is 2.27. The lowest BCUT2D eigenvalue weighted by Crippen LogP contribution is -2.45. The number of esters is 1. The minimum Gasteiger partial charge on any atom is -0.468 e. The molecule has 1 aliphatic rings. The van der Waals surface area contributed by atoms with E-state index < -0.39 is 21.5 Å². The third-order valence-corrected chi connectivity index (χ3v) is 5.11. The van der Waals surface area contributed by atoms with E-state index in [1.165, 1.54) is 13.2 Å². The number of piperazine rings is 1. The Bertz CT molecular complexity index is 781. The van der Waals surface area contributed by atoms with Crippen LogP contribution in [0.15, 0.2) is 12.1 Å². The van der Waals surface area contributed by atoms with Crippen molar-refractivity contribution in [1.29, 1.82) is 0 Å². The number of nitro benzene ring substituents is 2. The van der Waals surface area contributed by atoms with Crippen molar-refractivity contribution in [3.8, 4) is 0 Å². The summed E-state index contributed by atoms with van der Waals surface area (Å²) < 4.78 is 4.53. The van der Waals surface area contributed by atoms with Crippen LogP contribution in [0.3, 0.4) is 0 Å². The molecule has 2 rings (SSSR count). The molecule has 1 fully saturated rings. The Morgan fingerprint density at radius 1 is 1.17 bits per heavy atom. The Morgan fingerprint density at radius 2 is 1.80 bits per heavy atom. The molecule has 0 aromatic heterocycles. The largest absolute Gasteiger partial charge is 0.468 e. The van der Waals surface area contributed by atoms with E-state index in [2.05, 4.69) is 26.9 Å². The van der Waals surface area contributed by atoms with Crippen molar-refractivity contribution < 1.29 is 19.4 Å². The maximum Gasteiger partial charge on any atom is 0.325 e.